The first-order chi connectivity index (χ1) is 17.8. The largest absolute Gasteiger partial charge is 0.457 e. The van der Waals surface area contributed by atoms with E-state index in [2.05, 4.69) is 19.2 Å². The Balaban J connectivity index is 1.72. The normalized spacial score (nSPS) is 15.3. The highest BCUT2D eigenvalue weighted by molar-refractivity contribution is 5.94. The number of likely N-dealkylation sites (tertiary alicyclic amines) is 1. The fraction of sp³-hybridized carbons (Fsp3) is 0.500. The Morgan fingerprint density at radius 3 is 2.18 bits per heavy atom. The van der Waals surface area contributed by atoms with Crippen LogP contribution in [0.1, 0.15) is 61.9 Å². The predicted octanol–water partition coefficient (Wildman–Crippen LogP) is 6.38. The molecule has 2 aromatic carbocycles. The molecule has 0 spiro atoms. The van der Waals surface area contributed by atoms with Gasteiger partial charge in [0.05, 0.1) is 11.2 Å². The molecule has 0 radical (unpaired) electrons. The molecule has 0 aliphatic carbocycles. The molecule has 2 aromatic rings. The molecule has 0 unspecified atom stereocenters. The predicted molar refractivity (Wildman–Crippen MR) is 139 cm³/mol. The number of hydrogen-bond acceptors (Lipinski definition) is 4. The summed E-state index contributed by atoms with van der Waals surface area (Å²) >= 11 is 0. The van der Waals surface area contributed by atoms with E-state index < -0.39 is 23.4 Å². The van der Waals surface area contributed by atoms with Gasteiger partial charge in [0.2, 0.25) is 0 Å². The number of ether oxygens (including phenoxy) is 1. The number of amides is 3. The number of nitrogens with zero attached hydrogens (tertiary/aromatic N) is 2. The summed E-state index contributed by atoms with van der Waals surface area (Å²) in [6.45, 7) is 4.80. The molecule has 3 rings (SSSR count). The van der Waals surface area contributed by atoms with Crippen molar-refractivity contribution in [1.29, 1.82) is 0 Å². The maximum absolute atomic E-state index is 13.6. The van der Waals surface area contributed by atoms with Gasteiger partial charge >= 0.3 is 12.2 Å². The van der Waals surface area contributed by atoms with E-state index in [9.17, 15) is 27.9 Å². The molecule has 2 N–H and O–H groups in total. The smallest absolute Gasteiger partial charge is 0.416 e. The van der Waals surface area contributed by atoms with E-state index in [0.717, 1.165) is 25.0 Å². The first-order valence-electron chi connectivity index (χ1n) is 12.8. The maximum Gasteiger partial charge on any atom is 0.416 e. The quantitative estimate of drug-likeness (QED) is 0.411. The summed E-state index contributed by atoms with van der Waals surface area (Å²) in [7, 11) is 3.23. The Bertz CT molecular complexity index is 1110. The number of alkyl halides is 3. The zero-order valence-corrected chi connectivity index (χ0v) is 22.3. The van der Waals surface area contributed by atoms with Gasteiger partial charge in [-0.1, -0.05) is 26.7 Å². The molecule has 1 aliphatic rings. The number of carbonyl (C=O) groups is 2. The molecule has 7 nitrogen and oxygen atoms in total. The third-order valence-electron chi connectivity index (χ3n) is 7.03. The number of piperidine rings is 1. The molecule has 1 saturated heterocycles. The molecule has 208 valence electrons. The van der Waals surface area contributed by atoms with Crippen molar-refractivity contribution in [3.05, 3.63) is 53.6 Å². The van der Waals surface area contributed by atoms with Crippen molar-refractivity contribution in [3.8, 4) is 11.5 Å². The van der Waals surface area contributed by atoms with Crippen LogP contribution in [0.3, 0.4) is 0 Å². The first-order valence-corrected chi connectivity index (χ1v) is 12.8. The van der Waals surface area contributed by atoms with E-state index in [4.69, 9.17) is 4.74 Å². The van der Waals surface area contributed by atoms with Crippen LogP contribution in [0, 0.1) is 5.92 Å². The van der Waals surface area contributed by atoms with Crippen LogP contribution in [0.5, 0.6) is 11.5 Å². The number of nitrogens with one attached hydrogen (secondary N) is 1. The van der Waals surface area contributed by atoms with Crippen LogP contribution in [-0.2, 0) is 6.18 Å². The lowest BCUT2D eigenvalue weighted by Gasteiger charge is -2.39. The molecular weight excluding hydrogens is 499 g/mol. The van der Waals surface area contributed by atoms with Crippen LogP contribution in [0.25, 0.3) is 0 Å². The van der Waals surface area contributed by atoms with Gasteiger partial charge in [-0.25, -0.2) is 4.79 Å². The summed E-state index contributed by atoms with van der Waals surface area (Å²) in [5.74, 6) is 0.325. The third kappa shape index (κ3) is 7.63. The SMILES string of the molecule is CCC(CC)CC1(O)CCN(C(=O)Nc2cc(Oc3ccc(C(=O)N(C)C)cc3)cc(C(F)(F)F)c2)CC1. The van der Waals surface area contributed by atoms with Crippen LogP contribution in [0.4, 0.5) is 23.7 Å². The van der Waals surface area contributed by atoms with Crippen LogP contribution in [0.2, 0.25) is 0 Å². The summed E-state index contributed by atoms with van der Waals surface area (Å²) in [6.07, 6.45) is -1.20. The Hall–Kier alpha value is -3.27. The van der Waals surface area contributed by atoms with Crippen molar-refractivity contribution >= 4 is 17.6 Å². The van der Waals surface area contributed by atoms with Gasteiger partial charge in [0, 0.05) is 44.5 Å². The van der Waals surface area contributed by atoms with Crippen molar-refractivity contribution in [2.24, 2.45) is 5.92 Å². The van der Waals surface area contributed by atoms with Gasteiger partial charge in [0.1, 0.15) is 11.5 Å². The fourth-order valence-electron chi connectivity index (χ4n) is 4.60. The summed E-state index contributed by atoms with van der Waals surface area (Å²) in [5.41, 5.74) is -1.45. The lowest BCUT2D eigenvalue weighted by Crippen LogP contribution is -2.48. The van der Waals surface area contributed by atoms with Crippen molar-refractivity contribution in [2.45, 2.75) is 57.7 Å². The first kappa shape index (κ1) is 29.3. The van der Waals surface area contributed by atoms with Gasteiger partial charge in [-0.3, -0.25) is 4.79 Å². The van der Waals surface area contributed by atoms with Gasteiger partial charge in [-0.05, 0) is 61.6 Å². The second-order valence-corrected chi connectivity index (χ2v) is 10.1. The minimum atomic E-state index is -4.66. The van der Waals surface area contributed by atoms with Gasteiger partial charge in [-0.15, -0.1) is 0 Å². The standard InChI is InChI=1S/C28H36F3N3O4/c1-5-19(6-2)18-27(37)11-13-34(14-12-27)26(36)32-22-15-21(28(29,30)31)16-24(17-22)38-23-9-7-20(8-10-23)25(35)33(3)4/h7-10,15-17,19,37H,5-6,11-14,18H2,1-4H3,(H,32,36). The van der Waals surface area contributed by atoms with Gasteiger partial charge < -0.3 is 25.0 Å². The zero-order valence-electron chi connectivity index (χ0n) is 22.3. The Morgan fingerprint density at radius 2 is 1.66 bits per heavy atom. The van der Waals surface area contributed by atoms with Crippen molar-refractivity contribution in [3.63, 3.8) is 0 Å². The van der Waals surface area contributed by atoms with E-state index >= 15 is 0 Å². The molecule has 10 heteroatoms. The number of benzene rings is 2. The molecular formula is C28H36F3N3O4. The zero-order chi connectivity index (χ0) is 28.1. The average Bonchev–Trinajstić information content (AvgIpc) is 2.87. The lowest BCUT2D eigenvalue weighted by molar-refractivity contribution is -0.137. The van der Waals surface area contributed by atoms with E-state index in [-0.39, 0.29) is 23.1 Å². The number of rotatable bonds is 8. The number of hydrogen-bond donors (Lipinski definition) is 2. The fourth-order valence-corrected chi connectivity index (χ4v) is 4.60. The monoisotopic (exact) mass is 535 g/mol. The number of aliphatic hydroxyl groups is 1. The average molecular weight is 536 g/mol. The summed E-state index contributed by atoms with van der Waals surface area (Å²) in [5, 5.41) is 13.5. The molecule has 1 aliphatic heterocycles. The number of anilines is 1. The highest BCUT2D eigenvalue weighted by Crippen LogP contribution is 2.36. The second kappa shape index (κ2) is 12.1. The summed E-state index contributed by atoms with van der Waals surface area (Å²) < 4.78 is 46.4. The second-order valence-electron chi connectivity index (χ2n) is 10.1. The molecule has 3 amide bonds. The van der Waals surface area contributed by atoms with E-state index in [1.54, 1.807) is 14.1 Å². The molecule has 0 atom stereocenters. The minimum Gasteiger partial charge on any atom is -0.457 e. The van der Waals surface area contributed by atoms with Crippen LogP contribution in [-0.4, -0.2) is 59.6 Å². The van der Waals surface area contributed by atoms with Crippen molar-refractivity contribution < 1.29 is 32.6 Å². The number of carbonyl (C=O) groups excluding carboxylic acids is 2. The van der Waals surface area contributed by atoms with Crippen molar-refractivity contribution in [2.75, 3.05) is 32.5 Å². The minimum absolute atomic E-state index is 0.0582. The summed E-state index contributed by atoms with van der Waals surface area (Å²) in [4.78, 5) is 27.8. The van der Waals surface area contributed by atoms with Crippen molar-refractivity contribution in [1.82, 2.24) is 9.80 Å². The Morgan fingerprint density at radius 1 is 1.05 bits per heavy atom. The molecule has 1 fully saturated rings. The summed E-state index contributed by atoms with van der Waals surface area (Å²) in [6, 6.07) is 8.52. The van der Waals surface area contributed by atoms with E-state index in [1.165, 1.54) is 40.1 Å². The van der Waals surface area contributed by atoms with Gasteiger partial charge in [0.25, 0.3) is 5.91 Å². The van der Waals surface area contributed by atoms with Crippen LogP contribution >= 0.6 is 0 Å². The van der Waals surface area contributed by atoms with Gasteiger partial charge in [0.15, 0.2) is 0 Å². The topological polar surface area (TPSA) is 82.1 Å². The Labute approximate surface area is 221 Å². The maximum atomic E-state index is 13.6. The molecule has 0 bridgehead atoms. The molecule has 0 aromatic heterocycles. The molecule has 0 saturated carbocycles. The molecule has 38 heavy (non-hydrogen) atoms. The highest BCUT2D eigenvalue weighted by Gasteiger charge is 2.36. The molecule has 1 heterocycles. The van der Waals surface area contributed by atoms with Crippen LogP contribution in [0.15, 0.2) is 42.5 Å². The van der Waals surface area contributed by atoms with E-state index in [0.29, 0.717) is 43.8 Å². The van der Waals surface area contributed by atoms with Gasteiger partial charge in [-0.2, -0.15) is 13.2 Å². The number of halogens is 3. The third-order valence-corrected chi connectivity index (χ3v) is 7.03. The highest BCUT2D eigenvalue weighted by atomic mass is 19.4. The lowest BCUT2D eigenvalue weighted by atomic mass is 9.81. The van der Waals surface area contributed by atoms with E-state index in [1.807, 2.05) is 0 Å². The number of urea groups is 1. The Kier molecular flexibility index (Phi) is 9.30. The van der Waals surface area contributed by atoms with Crippen LogP contribution < -0.4 is 10.1 Å².